The van der Waals surface area contributed by atoms with Crippen molar-refractivity contribution in [2.75, 3.05) is 6.61 Å². The first-order valence-electron chi connectivity index (χ1n) is 7.16. The number of nitrogens with zero attached hydrogens (tertiary/aromatic N) is 1. The van der Waals surface area contributed by atoms with Crippen LogP contribution in [0.3, 0.4) is 0 Å². The van der Waals surface area contributed by atoms with Gasteiger partial charge in [-0.05, 0) is 19.3 Å². The fourth-order valence-electron chi connectivity index (χ4n) is 2.52. The molecular formula is C15H26N2OS. The van der Waals surface area contributed by atoms with Gasteiger partial charge in [-0.3, -0.25) is 0 Å². The van der Waals surface area contributed by atoms with Gasteiger partial charge in [0.2, 0.25) is 0 Å². The van der Waals surface area contributed by atoms with E-state index >= 15 is 0 Å². The molecule has 2 unspecified atom stereocenters. The van der Waals surface area contributed by atoms with Crippen LogP contribution in [0.25, 0.3) is 0 Å². The predicted octanol–water partition coefficient (Wildman–Crippen LogP) is 3.38. The molecule has 4 heteroatoms. The normalized spacial score (nSPS) is 25.6. The minimum Gasteiger partial charge on any atom is -0.377 e. The predicted molar refractivity (Wildman–Crippen MR) is 80.5 cm³/mol. The number of hydrogen-bond acceptors (Lipinski definition) is 4. The maximum absolute atomic E-state index is 5.99. The molecular weight excluding hydrogens is 256 g/mol. The lowest BCUT2D eigenvalue weighted by Crippen LogP contribution is -2.60. The fraction of sp³-hybridized carbons (Fsp3) is 0.800. The second-order valence-electron chi connectivity index (χ2n) is 6.57. The zero-order valence-corrected chi connectivity index (χ0v) is 13.5. The van der Waals surface area contributed by atoms with Crippen molar-refractivity contribution in [2.45, 2.75) is 59.7 Å². The molecule has 108 valence electrons. The lowest BCUT2D eigenvalue weighted by atomic mass is 9.64. The summed E-state index contributed by atoms with van der Waals surface area (Å²) in [5, 5.41) is 4.80. The molecule has 0 bridgehead atoms. The van der Waals surface area contributed by atoms with Gasteiger partial charge in [0.1, 0.15) is 5.01 Å². The van der Waals surface area contributed by atoms with Gasteiger partial charge in [-0.1, -0.05) is 27.7 Å². The van der Waals surface area contributed by atoms with E-state index in [1.807, 2.05) is 6.20 Å². The Kier molecular flexibility index (Phi) is 4.64. The highest BCUT2D eigenvalue weighted by Gasteiger charge is 2.48. The van der Waals surface area contributed by atoms with E-state index < -0.39 is 0 Å². The molecule has 0 spiro atoms. The van der Waals surface area contributed by atoms with Crippen molar-refractivity contribution < 1.29 is 4.74 Å². The quantitative estimate of drug-likeness (QED) is 0.868. The van der Waals surface area contributed by atoms with Gasteiger partial charge >= 0.3 is 0 Å². The Morgan fingerprint density at radius 2 is 2.26 bits per heavy atom. The smallest absolute Gasteiger partial charge is 0.107 e. The largest absolute Gasteiger partial charge is 0.377 e. The van der Waals surface area contributed by atoms with Crippen LogP contribution in [-0.4, -0.2) is 23.7 Å². The van der Waals surface area contributed by atoms with Crippen LogP contribution in [0.2, 0.25) is 0 Å². The molecule has 19 heavy (non-hydrogen) atoms. The summed E-state index contributed by atoms with van der Waals surface area (Å²) in [5.74, 6) is 0.612. The van der Waals surface area contributed by atoms with E-state index in [4.69, 9.17) is 4.74 Å². The van der Waals surface area contributed by atoms with E-state index in [-0.39, 0.29) is 5.41 Å². The van der Waals surface area contributed by atoms with Crippen LogP contribution < -0.4 is 5.32 Å². The molecule has 1 heterocycles. The first kappa shape index (κ1) is 14.9. The third-order valence-electron chi connectivity index (χ3n) is 3.98. The molecule has 2 rings (SSSR count). The summed E-state index contributed by atoms with van der Waals surface area (Å²) in [6, 6.07) is 0.536. The van der Waals surface area contributed by atoms with Crippen LogP contribution in [0.5, 0.6) is 0 Å². The zero-order valence-electron chi connectivity index (χ0n) is 12.7. The number of aromatic nitrogens is 1. The van der Waals surface area contributed by atoms with Crippen molar-refractivity contribution in [2.24, 2.45) is 11.3 Å². The monoisotopic (exact) mass is 282 g/mol. The zero-order chi connectivity index (χ0) is 14.0. The average molecular weight is 282 g/mol. The van der Waals surface area contributed by atoms with Crippen molar-refractivity contribution in [3.05, 3.63) is 16.1 Å². The molecule has 0 radical (unpaired) electrons. The summed E-state index contributed by atoms with van der Waals surface area (Å²) in [6.45, 7) is 12.8. The molecule has 0 aliphatic heterocycles. The number of rotatable bonds is 6. The molecule has 3 nitrogen and oxygen atoms in total. The highest BCUT2D eigenvalue weighted by molar-refractivity contribution is 7.11. The highest BCUT2D eigenvalue weighted by Crippen LogP contribution is 2.43. The molecule has 0 amide bonds. The highest BCUT2D eigenvalue weighted by atomic mass is 32.1. The van der Waals surface area contributed by atoms with Crippen molar-refractivity contribution >= 4 is 11.3 Å². The van der Waals surface area contributed by atoms with Crippen molar-refractivity contribution in [1.29, 1.82) is 0 Å². The lowest BCUT2D eigenvalue weighted by Gasteiger charge is -2.52. The summed E-state index contributed by atoms with van der Waals surface area (Å²) in [7, 11) is 0. The fourth-order valence-corrected chi connectivity index (χ4v) is 3.25. The number of thiazole rings is 1. The number of aryl methyl sites for hydroxylation is 1. The molecule has 1 N–H and O–H groups in total. The number of nitrogens with one attached hydrogen (secondary N) is 1. The Morgan fingerprint density at radius 3 is 2.79 bits per heavy atom. The van der Waals surface area contributed by atoms with Gasteiger partial charge in [-0.15, -0.1) is 11.3 Å². The summed E-state index contributed by atoms with van der Waals surface area (Å²) in [4.78, 5) is 5.68. The van der Waals surface area contributed by atoms with Crippen LogP contribution in [0.1, 0.15) is 44.0 Å². The minimum atomic E-state index is 0.223. The Labute approximate surface area is 120 Å². The van der Waals surface area contributed by atoms with Crippen molar-refractivity contribution in [3.8, 4) is 0 Å². The maximum atomic E-state index is 5.99. The number of ether oxygens (including phenoxy) is 1. The first-order chi connectivity index (χ1) is 8.89. The van der Waals surface area contributed by atoms with Crippen LogP contribution >= 0.6 is 11.3 Å². The Bertz CT molecular complexity index is 414. The molecule has 0 aromatic carbocycles. The molecule has 0 saturated heterocycles. The topological polar surface area (TPSA) is 34.2 Å². The second kappa shape index (κ2) is 5.90. The van der Waals surface area contributed by atoms with Crippen LogP contribution in [0.15, 0.2) is 6.20 Å². The minimum absolute atomic E-state index is 0.223. The van der Waals surface area contributed by atoms with Gasteiger partial charge in [0, 0.05) is 35.7 Å². The summed E-state index contributed by atoms with van der Waals surface area (Å²) in [5.41, 5.74) is 0.223. The van der Waals surface area contributed by atoms with E-state index in [0.717, 1.165) is 19.6 Å². The van der Waals surface area contributed by atoms with Gasteiger partial charge in [0.05, 0.1) is 6.10 Å². The Morgan fingerprint density at radius 1 is 1.53 bits per heavy atom. The van der Waals surface area contributed by atoms with Crippen LogP contribution in [-0.2, 0) is 11.3 Å². The van der Waals surface area contributed by atoms with E-state index in [1.165, 1.54) is 9.88 Å². The Balaban J connectivity index is 1.77. The summed E-state index contributed by atoms with van der Waals surface area (Å²) >= 11 is 1.77. The van der Waals surface area contributed by atoms with Gasteiger partial charge < -0.3 is 10.1 Å². The maximum Gasteiger partial charge on any atom is 0.107 e. The molecule has 1 aliphatic carbocycles. The molecule has 1 fully saturated rings. The van der Waals surface area contributed by atoms with Gasteiger partial charge in [-0.25, -0.2) is 4.98 Å². The van der Waals surface area contributed by atoms with E-state index in [0.29, 0.717) is 18.1 Å². The van der Waals surface area contributed by atoms with Crippen molar-refractivity contribution in [1.82, 2.24) is 10.3 Å². The summed E-state index contributed by atoms with van der Waals surface area (Å²) < 4.78 is 5.99. The third kappa shape index (κ3) is 3.56. The van der Waals surface area contributed by atoms with E-state index in [1.54, 1.807) is 11.3 Å². The van der Waals surface area contributed by atoms with Crippen LogP contribution in [0, 0.1) is 18.3 Å². The first-order valence-corrected chi connectivity index (χ1v) is 7.97. The number of hydrogen-bond donors (Lipinski definition) is 1. The molecule has 1 aliphatic rings. The third-order valence-corrected chi connectivity index (χ3v) is 4.89. The molecule has 2 atom stereocenters. The molecule has 1 saturated carbocycles. The molecule has 1 aromatic heterocycles. The lowest BCUT2D eigenvalue weighted by molar-refractivity contribution is -0.124. The Hall–Kier alpha value is -0.450. The van der Waals surface area contributed by atoms with Gasteiger partial charge in [0.25, 0.3) is 0 Å². The second-order valence-corrected chi connectivity index (χ2v) is 7.89. The van der Waals surface area contributed by atoms with Gasteiger partial charge in [0.15, 0.2) is 0 Å². The summed E-state index contributed by atoms with van der Waals surface area (Å²) in [6.07, 6.45) is 3.46. The van der Waals surface area contributed by atoms with Crippen LogP contribution in [0.4, 0.5) is 0 Å². The molecule has 1 aromatic rings. The van der Waals surface area contributed by atoms with E-state index in [2.05, 4.69) is 44.9 Å². The standard InChI is InChI=1S/C15H26N2OS/c1-10(2)9-18-13-6-12(15(13,4)5)16-8-14-17-7-11(3)19-14/h7,10,12-13,16H,6,8-9H2,1-5H3. The SMILES string of the molecule is Cc1cnc(CNC2CC(OCC(C)C)C2(C)C)s1. The van der Waals surface area contributed by atoms with Crippen molar-refractivity contribution in [3.63, 3.8) is 0 Å². The van der Waals surface area contributed by atoms with E-state index in [9.17, 15) is 0 Å². The average Bonchev–Trinajstić information content (AvgIpc) is 2.72. The van der Waals surface area contributed by atoms with Gasteiger partial charge in [-0.2, -0.15) is 0 Å².